The van der Waals surface area contributed by atoms with Gasteiger partial charge in [0.15, 0.2) is 0 Å². The number of sulfonamides is 1. The number of hydrogen-bond acceptors (Lipinski definition) is 5. The third-order valence-electron chi connectivity index (χ3n) is 8.03. The summed E-state index contributed by atoms with van der Waals surface area (Å²) in [4.78, 5) is 29.6. The van der Waals surface area contributed by atoms with Gasteiger partial charge in [0.2, 0.25) is 11.8 Å². The quantitative estimate of drug-likeness (QED) is 0.278. The molecule has 0 saturated heterocycles. The summed E-state index contributed by atoms with van der Waals surface area (Å²) >= 11 is 0. The Balaban J connectivity index is 1.71. The van der Waals surface area contributed by atoms with Gasteiger partial charge in [0.1, 0.15) is 18.3 Å². The van der Waals surface area contributed by atoms with Crippen molar-refractivity contribution in [2.45, 2.75) is 75.8 Å². The van der Waals surface area contributed by atoms with Crippen molar-refractivity contribution in [3.63, 3.8) is 0 Å². The van der Waals surface area contributed by atoms with Crippen molar-refractivity contribution in [2.24, 2.45) is 0 Å². The maximum absolute atomic E-state index is 14.3. The Hall–Kier alpha value is -3.85. The van der Waals surface area contributed by atoms with E-state index in [0.29, 0.717) is 18.6 Å². The molecule has 0 unspecified atom stereocenters. The zero-order valence-electron chi connectivity index (χ0n) is 25.4. The van der Waals surface area contributed by atoms with Gasteiger partial charge in [0.05, 0.1) is 17.7 Å². The number of aryl methyl sites for hydroxylation is 1. The van der Waals surface area contributed by atoms with Gasteiger partial charge in [0, 0.05) is 12.6 Å². The Kier molecular flexibility index (Phi) is 11.2. The molecule has 1 aliphatic carbocycles. The summed E-state index contributed by atoms with van der Waals surface area (Å²) in [6.45, 7) is 3.52. The zero-order chi connectivity index (χ0) is 30.8. The van der Waals surface area contributed by atoms with Crippen LogP contribution >= 0.6 is 0 Å². The van der Waals surface area contributed by atoms with Gasteiger partial charge in [-0.3, -0.25) is 13.9 Å². The largest absolute Gasteiger partial charge is 0.495 e. The summed E-state index contributed by atoms with van der Waals surface area (Å²) in [6.07, 6.45) is 6.09. The third-order valence-corrected chi connectivity index (χ3v) is 9.81. The van der Waals surface area contributed by atoms with Gasteiger partial charge in [-0.1, -0.05) is 80.8 Å². The normalized spacial score (nSPS) is 14.5. The van der Waals surface area contributed by atoms with E-state index in [9.17, 15) is 18.0 Å². The molecular formula is C34H43N3O5S. The fraction of sp³-hybridized carbons (Fsp3) is 0.412. The summed E-state index contributed by atoms with van der Waals surface area (Å²) in [5.74, 6) is -0.318. The van der Waals surface area contributed by atoms with Crippen LogP contribution in [0.15, 0.2) is 83.8 Å². The second-order valence-electron chi connectivity index (χ2n) is 11.1. The monoisotopic (exact) mass is 605 g/mol. The molecule has 230 valence electrons. The molecule has 1 fully saturated rings. The molecule has 8 nitrogen and oxygen atoms in total. The van der Waals surface area contributed by atoms with Crippen molar-refractivity contribution in [1.82, 2.24) is 10.2 Å². The molecule has 1 aliphatic rings. The van der Waals surface area contributed by atoms with Crippen LogP contribution in [0.3, 0.4) is 0 Å². The number of rotatable bonds is 13. The summed E-state index contributed by atoms with van der Waals surface area (Å²) < 4.78 is 34.9. The van der Waals surface area contributed by atoms with Crippen molar-refractivity contribution in [3.8, 4) is 5.75 Å². The first-order valence-corrected chi connectivity index (χ1v) is 16.5. The highest BCUT2D eigenvalue weighted by Gasteiger charge is 2.35. The van der Waals surface area contributed by atoms with E-state index in [1.54, 1.807) is 35.2 Å². The fourth-order valence-electron chi connectivity index (χ4n) is 5.67. The van der Waals surface area contributed by atoms with Crippen LogP contribution in [0.1, 0.15) is 56.6 Å². The summed E-state index contributed by atoms with van der Waals surface area (Å²) in [5, 5.41) is 3.19. The molecule has 0 bridgehead atoms. The lowest BCUT2D eigenvalue weighted by molar-refractivity contribution is -0.140. The van der Waals surface area contributed by atoms with Crippen LogP contribution in [0.25, 0.3) is 0 Å². The Bertz CT molecular complexity index is 1460. The van der Waals surface area contributed by atoms with Crippen LogP contribution in [0.4, 0.5) is 5.69 Å². The number of carbonyl (C=O) groups is 2. The van der Waals surface area contributed by atoms with Gasteiger partial charge in [-0.05, 0) is 68.0 Å². The topological polar surface area (TPSA) is 96.0 Å². The average Bonchev–Trinajstić information content (AvgIpc) is 3.03. The molecule has 3 aromatic rings. The van der Waals surface area contributed by atoms with E-state index >= 15 is 0 Å². The first-order valence-electron chi connectivity index (χ1n) is 15.1. The van der Waals surface area contributed by atoms with Gasteiger partial charge >= 0.3 is 0 Å². The van der Waals surface area contributed by atoms with Crippen molar-refractivity contribution >= 4 is 27.5 Å². The molecule has 0 radical (unpaired) electrons. The second-order valence-corrected chi connectivity index (χ2v) is 13.0. The molecule has 0 aromatic heterocycles. The van der Waals surface area contributed by atoms with E-state index in [2.05, 4.69) is 5.32 Å². The molecule has 0 heterocycles. The smallest absolute Gasteiger partial charge is 0.264 e. The molecule has 1 N–H and O–H groups in total. The van der Waals surface area contributed by atoms with Crippen LogP contribution in [0.2, 0.25) is 0 Å². The predicted octanol–water partition coefficient (Wildman–Crippen LogP) is 5.50. The molecule has 0 spiro atoms. The van der Waals surface area contributed by atoms with Crippen LogP contribution in [0.5, 0.6) is 5.75 Å². The Morgan fingerprint density at radius 3 is 2.23 bits per heavy atom. The Morgan fingerprint density at radius 2 is 1.60 bits per heavy atom. The van der Waals surface area contributed by atoms with E-state index in [0.717, 1.165) is 41.1 Å². The Labute approximate surface area is 256 Å². The number of nitrogens with zero attached hydrogens (tertiary/aromatic N) is 2. The average molecular weight is 606 g/mol. The molecule has 43 heavy (non-hydrogen) atoms. The van der Waals surface area contributed by atoms with Crippen molar-refractivity contribution in [3.05, 3.63) is 90.0 Å². The van der Waals surface area contributed by atoms with Crippen LogP contribution in [-0.2, 0) is 26.0 Å². The lowest BCUT2D eigenvalue weighted by atomic mass is 9.95. The van der Waals surface area contributed by atoms with E-state index in [1.807, 2.05) is 50.2 Å². The van der Waals surface area contributed by atoms with Gasteiger partial charge in [-0.25, -0.2) is 8.42 Å². The number of anilines is 1. The minimum Gasteiger partial charge on any atom is -0.495 e. The van der Waals surface area contributed by atoms with Gasteiger partial charge in [-0.15, -0.1) is 0 Å². The molecule has 4 rings (SSSR count). The van der Waals surface area contributed by atoms with Crippen molar-refractivity contribution in [1.29, 1.82) is 0 Å². The lowest BCUT2D eigenvalue weighted by Crippen LogP contribution is -2.54. The maximum Gasteiger partial charge on any atom is 0.264 e. The van der Waals surface area contributed by atoms with Gasteiger partial charge in [0.25, 0.3) is 10.0 Å². The van der Waals surface area contributed by atoms with Gasteiger partial charge < -0.3 is 15.0 Å². The first-order chi connectivity index (χ1) is 20.7. The first kappa shape index (κ1) is 32.1. The van der Waals surface area contributed by atoms with E-state index in [-0.39, 0.29) is 29.1 Å². The molecule has 9 heteroatoms. The zero-order valence-corrected chi connectivity index (χ0v) is 26.2. The predicted molar refractivity (Wildman–Crippen MR) is 170 cm³/mol. The van der Waals surface area contributed by atoms with Crippen molar-refractivity contribution < 1.29 is 22.7 Å². The highest BCUT2D eigenvalue weighted by Crippen LogP contribution is 2.33. The third kappa shape index (κ3) is 8.16. The maximum atomic E-state index is 14.3. The minimum atomic E-state index is -4.17. The molecule has 3 aromatic carbocycles. The number of carbonyl (C=O) groups excluding carboxylic acids is 2. The number of amides is 2. The van der Waals surface area contributed by atoms with E-state index in [4.69, 9.17) is 4.74 Å². The van der Waals surface area contributed by atoms with E-state index < -0.39 is 28.5 Å². The Morgan fingerprint density at radius 1 is 0.953 bits per heavy atom. The molecular weight excluding hydrogens is 562 g/mol. The van der Waals surface area contributed by atoms with Gasteiger partial charge in [-0.2, -0.15) is 0 Å². The number of hydrogen-bond donors (Lipinski definition) is 1. The standard InChI is InChI=1S/C34H43N3O5S/c1-4-30(34(39)35-28-16-10-6-11-17-28)36(23-22-27-14-8-5-9-15-27)33(38)25-37(31-24-26(2)20-21-32(31)42-3)43(40,41)29-18-12-7-13-19-29/h5,7-9,12-15,18-21,24,28,30H,4,6,10-11,16-17,22-23,25H2,1-3H3,(H,35,39)/t30-/m1/s1. The second kappa shape index (κ2) is 15.0. The molecule has 2 amide bonds. The summed E-state index contributed by atoms with van der Waals surface area (Å²) in [6, 6.07) is 22.4. The SMILES string of the molecule is CC[C@H](C(=O)NC1CCCCC1)N(CCc1ccccc1)C(=O)CN(c1cc(C)ccc1OC)S(=O)(=O)c1ccccc1. The van der Waals surface area contributed by atoms with Crippen LogP contribution in [0, 0.1) is 6.92 Å². The number of ether oxygens (including phenoxy) is 1. The molecule has 1 saturated carbocycles. The number of nitrogens with one attached hydrogen (secondary N) is 1. The summed E-state index contributed by atoms with van der Waals surface area (Å²) in [7, 11) is -2.70. The fourth-order valence-corrected chi connectivity index (χ4v) is 7.11. The van der Waals surface area contributed by atoms with Crippen molar-refractivity contribution in [2.75, 3.05) is 24.5 Å². The molecule has 0 aliphatic heterocycles. The minimum absolute atomic E-state index is 0.0595. The lowest BCUT2D eigenvalue weighted by Gasteiger charge is -2.34. The summed E-state index contributed by atoms with van der Waals surface area (Å²) in [5.41, 5.74) is 2.11. The van der Waals surface area contributed by atoms with E-state index in [1.165, 1.54) is 25.7 Å². The molecule has 1 atom stereocenters. The number of benzene rings is 3. The highest BCUT2D eigenvalue weighted by molar-refractivity contribution is 7.92. The van der Waals surface area contributed by atoms with Crippen LogP contribution < -0.4 is 14.4 Å². The van der Waals surface area contributed by atoms with Crippen LogP contribution in [-0.4, -0.2) is 57.4 Å². The highest BCUT2D eigenvalue weighted by atomic mass is 32.2. The number of methoxy groups -OCH3 is 1.